The molecule has 2 N–H and O–H groups in total. The molecule has 0 saturated carbocycles. The van der Waals surface area contributed by atoms with Gasteiger partial charge < -0.3 is 0 Å². The number of nitrogens with zero attached hydrogens (tertiary/aromatic N) is 1. The van der Waals surface area contributed by atoms with Crippen LogP contribution >= 0.6 is 20.1 Å². The second-order valence-electron chi connectivity index (χ2n) is 2.35. The molecular weight excluding hydrogens is 239 g/mol. The molecule has 0 heterocycles. The number of nitrogens with two attached hydrogens (primary N) is 1. The van der Waals surface area contributed by atoms with Crippen molar-refractivity contribution in [3.05, 3.63) is 0 Å². The number of rotatable bonds is 5. The Hall–Kier alpha value is 0.650. The number of alkyl halides is 2. The Labute approximate surface area is 71.9 Å². The molecule has 0 spiro atoms. The Morgan fingerprint density at radius 1 is 1.40 bits per heavy atom. The van der Waals surface area contributed by atoms with Crippen molar-refractivity contribution in [1.29, 1.82) is 0 Å². The summed E-state index contributed by atoms with van der Waals surface area (Å²) in [6, 6.07) is 0. The third kappa shape index (κ3) is 5.44. The summed E-state index contributed by atoms with van der Waals surface area (Å²) >= 11 is -0.945. The van der Waals surface area contributed by atoms with E-state index in [2.05, 4.69) is 25.8 Å². The summed E-state index contributed by atoms with van der Waals surface area (Å²) in [5.41, 5.74) is 0. The van der Waals surface area contributed by atoms with Crippen molar-refractivity contribution in [3.8, 4) is 0 Å². The van der Waals surface area contributed by atoms with Gasteiger partial charge in [0.1, 0.15) is 0 Å². The van der Waals surface area contributed by atoms with Crippen molar-refractivity contribution in [2.45, 2.75) is 13.8 Å². The molecule has 0 aliphatic heterocycles. The van der Waals surface area contributed by atoms with Gasteiger partial charge in [0, 0.05) is 0 Å². The van der Waals surface area contributed by atoms with Crippen molar-refractivity contribution in [3.63, 3.8) is 0 Å². The van der Waals surface area contributed by atoms with Crippen LogP contribution in [-0.2, 0) is 0 Å². The summed E-state index contributed by atoms with van der Waals surface area (Å²) in [5.74, 6) is 0. The Morgan fingerprint density at radius 2 is 2.00 bits per heavy atom. The quantitative estimate of drug-likeness (QED) is 0.458. The van der Waals surface area contributed by atoms with Gasteiger partial charge in [0.05, 0.1) is 0 Å². The number of hydrogen-bond acceptors (Lipinski definition) is 2. The van der Waals surface area contributed by atoms with Crippen LogP contribution in [0.1, 0.15) is 13.8 Å². The molecule has 0 aliphatic carbocycles. The Bertz CT molecular complexity index is 68.0. The zero-order valence-electron chi connectivity index (χ0n) is 7.23. The average molecular weight is 258 g/mol. The molecule has 64 valence electrons. The summed E-state index contributed by atoms with van der Waals surface area (Å²) in [6.07, 6.45) is 0. The molecule has 0 bridgehead atoms. The molecule has 0 aromatic heterocycles. The van der Waals surface area contributed by atoms with E-state index in [-0.39, 0.29) is 0 Å². The van der Waals surface area contributed by atoms with E-state index < -0.39 is 20.1 Å². The second-order valence-corrected chi connectivity index (χ2v) is 7.79. The van der Waals surface area contributed by atoms with Gasteiger partial charge in [0.2, 0.25) is 0 Å². The molecule has 0 atom stereocenters. The summed E-state index contributed by atoms with van der Waals surface area (Å²) < 4.78 is 8.44. The Morgan fingerprint density at radius 3 is 2.40 bits per heavy atom. The van der Waals surface area contributed by atoms with E-state index in [0.29, 0.717) is 0 Å². The molecule has 0 fully saturated rings. The van der Waals surface area contributed by atoms with Crippen LogP contribution in [0.4, 0.5) is 0 Å². The first-order valence-electron chi connectivity index (χ1n) is 3.75. The number of halogens is 1. The fraction of sp³-hybridized carbons (Fsp3) is 1.00. The molecule has 2 nitrogen and oxygen atoms in total. The summed E-state index contributed by atoms with van der Waals surface area (Å²) in [4.78, 5) is 2.33. The van der Waals surface area contributed by atoms with Crippen molar-refractivity contribution in [1.82, 2.24) is 4.90 Å². The average Bonchev–Trinajstić information content (AvgIpc) is 1.99. The molecule has 0 amide bonds. The topological polar surface area (TPSA) is 29.3 Å². The Kier molecular flexibility index (Phi) is 6.78. The van der Waals surface area contributed by atoms with E-state index in [9.17, 15) is 0 Å². The van der Waals surface area contributed by atoms with Crippen molar-refractivity contribution in [2.75, 3.05) is 29.0 Å². The van der Waals surface area contributed by atoms with Gasteiger partial charge in [-0.3, -0.25) is 0 Å². The first-order valence-corrected chi connectivity index (χ1v) is 8.04. The Balaban J connectivity index is 3.17. The van der Waals surface area contributed by atoms with Gasteiger partial charge in [-0.2, -0.15) is 0 Å². The van der Waals surface area contributed by atoms with Crippen LogP contribution in [-0.4, -0.2) is 33.9 Å². The minimum atomic E-state index is -0.945. The summed E-state index contributed by atoms with van der Waals surface area (Å²) in [6.45, 7) is 6.73. The maximum absolute atomic E-state index is 5.91. The first kappa shape index (κ1) is 10.7. The van der Waals surface area contributed by atoms with Crippen LogP contribution in [0, 0.1) is 0 Å². The van der Waals surface area contributed by atoms with Gasteiger partial charge in [-0.1, -0.05) is 0 Å². The van der Waals surface area contributed by atoms with E-state index in [1.807, 2.05) is 0 Å². The van der Waals surface area contributed by atoms with Gasteiger partial charge >= 0.3 is 71.8 Å². The van der Waals surface area contributed by atoms with Gasteiger partial charge in [0.25, 0.3) is 0 Å². The van der Waals surface area contributed by atoms with Crippen LogP contribution in [0.5, 0.6) is 0 Å². The fourth-order valence-corrected chi connectivity index (χ4v) is 2.75. The van der Waals surface area contributed by atoms with Crippen molar-refractivity contribution in [2.24, 2.45) is 3.95 Å². The molecule has 0 unspecified atom stereocenters. The number of hydrogen-bond donors (Lipinski definition) is 1. The molecule has 0 saturated heterocycles. The summed E-state index contributed by atoms with van der Waals surface area (Å²) in [5, 5.41) is 0. The van der Waals surface area contributed by atoms with Gasteiger partial charge in [0.15, 0.2) is 0 Å². The van der Waals surface area contributed by atoms with Gasteiger partial charge in [-0.15, -0.1) is 0 Å². The van der Waals surface area contributed by atoms with Gasteiger partial charge in [-0.25, -0.2) is 0 Å². The zero-order valence-corrected chi connectivity index (χ0v) is 9.39. The molecule has 0 aromatic rings. The predicted octanol–water partition coefficient (Wildman–Crippen LogP) is 1.34. The van der Waals surface area contributed by atoms with Crippen molar-refractivity contribution < 1.29 is 0 Å². The van der Waals surface area contributed by atoms with Crippen LogP contribution < -0.4 is 3.95 Å². The van der Waals surface area contributed by atoms with Crippen molar-refractivity contribution >= 4 is 20.1 Å². The third-order valence-electron chi connectivity index (χ3n) is 1.59. The van der Waals surface area contributed by atoms with E-state index in [0.717, 1.165) is 6.54 Å². The molecule has 0 aromatic carbocycles. The van der Waals surface area contributed by atoms with Gasteiger partial charge in [-0.05, 0) is 0 Å². The monoisotopic (exact) mass is 258 g/mol. The van der Waals surface area contributed by atoms with E-state index in [1.54, 1.807) is 0 Å². The van der Waals surface area contributed by atoms with E-state index in [1.165, 1.54) is 15.4 Å². The molecule has 0 rings (SSSR count). The molecule has 10 heavy (non-hydrogen) atoms. The third-order valence-corrected chi connectivity index (χ3v) is 5.42. The zero-order chi connectivity index (χ0) is 7.98. The SMILES string of the molecule is CCN(C)CCI(N)CC. The minimum absolute atomic E-state index is 0.945. The maximum atomic E-state index is 5.91. The molecular formula is C7H19IN2. The van der Waals surface area contributed by atoms with Crippen LogP contribution in [0.25, 0.3) is 0 Å². The van der Waals surface area contributed by atoms with Crippen LogP contribution in [0.2, 0.25) is 0 Å². The molecule has 0 radical (unpaired) electrons. The standard InChI is InChI=1S/C7H19IN2/c1-4-8(9)6-7-10(3)5-2/h4-7,9H2,1-3H3. The van der Waals surface area contributed by atoms with Crippen LogP contribution in [0.3, 0.4) is 0 Å². The summed E-state index contributed by atoms with van der Waals surface area (Å²) in [7, 11) is 2.15. The van der Waals surface area contributed by atoms with E-state index >= 15 is 0 Å². The van der Waals surface area contributed by atoms with E-state index in [4.69, 9.17) is 3.95 Å². The first-order chi connectivity index (χ1) is 4.70. The second kappa shape index (κ2) is 6.37. The molecule has 3 heteroatoms. The fourth-order valence-electron chi connectivity index (χ4n) is 0.545. The normalized spacial score (nSPS) is 12.3. The predicted molar refractivity (Wildman–Crippen MR) is 56.8 cm³/mol. The van der Waals surface area contributed by atoms with Crippen LogP contribution in [0.15, 0.2) is 0 Å². The molecule has 0 aliphatic rings.